The molecule has 1 aliphatic carbocycles. The SMILES string of the molecule is O=C(O)C(=O)c1ccc(-c2ccc3cn(C4CC4)nc3c2)cc1. The molecule has 0 amide bonds. The van der Waals surface area contributed by atoms with Crippen LogP contribution in [0, 0.1) is 0 Å². The minimum Gasteiger partial charge on any atom is -0.475 e. The summed E-state index contributed by atoms with van der Waals surface area (Å²) in [5.41, 5.74) is 3.04. The molecular weight excluding hydrogens is 292 g/mol. The summed E-state index contributed by atoms with van der Waals surface area (Å²) in [6.07, 6.45) is 4.46. The van der Waals surface area contributed by atoms with Gasteiger partial charge in [0.15, 0.2) is 0 Å². The number of hydrogen-bond donors (Lipinski definition) is 1. The number of ketones is 1. The Kier molecular flexibility index (Phi) is 3.01. The number of benzene rings is 2. The van der Waals surface area contributed by atoms with E-state index in [2.05, 4.69) is 11.3 Å². The van der Waals surface area contributed by atoms with Crippen LogP contribution in [-0.2, 0) is 4.79 Å². The highest BCUT2D eigenvalue weighted by Crippen LogP contribution is 2.35. The van der Waals surface area contributed by atoms with Crippen LogP contribution >= 0.6 is 0 Å². The fraction of sp³-hybridized carbons (Fsp3) is 0.167. The summed E-state index contributed by atoms with van der Waals surface area (Å²) in [6.45, 7) is 0. The van der Waals surface area contributed by atoms with Gasteiger partial charge in [-0.3, -0.25) is 9.48 Å². The van der Waals surface area contributed by atoms with Crippen molar-refractivity contribution in [1.82, 2.24) is 9.78 Å². The van der Waals surface area contributed by atoms with Crippen molar-refractivity contribution in [1.29, 1.82) is 0 Å². The Bertz CT molecular complexity index is 921. The van der Waals surface area contributed by atoms with Gasteiger partial charge in [0.25, 0.3) is 5.78 Å². The number of nitrogens with zero attached hydrogens (tertiary/aromatic N) is 2. The lowest BCUT2D eigenvalue weighted by Crippen LogP contribution is -2.12. The molecule has 0 saturated heterocycles. The van der Waals surface area contributed by atoms with Crippen molar-refractivity contribution < 1.29 is 14.7 Å². The number of aromatic nitrogens is 2. The van der Waals surface area contributed by atoms with Gasteiger partial charge in [0.05, 0.1) is 11.6 Å². The summed E-state index contributed by atoms with van der Waals surface area (Å²) in [5.74, 6) is -2.33. The van der Waals surface area contributed by atoms with E-state index >= 15 is 0 Å². The summed E-state index contributed by atoms with van der Waals surface area (Å²) >= 11 is 0. The number of carboxylic acids is 1. The number of fused-ring (bicyclic) bond motifs is 1. The van der Waals surface area contributed by atoms with E-state index in [1.54, 1.807) is 24.3 Å². The molecule has 0 atom stereocenters. The van der Waals surface area contributed by atoms with Gasteiger partial charge in [0.1, 0.15) is 0 Å². The molecule has 4 rings (SSSR count). The van der Waals surface area contributed by atoms with Gasteiger partial charge in [0, 0.05) is 17.1 Å². The Balaban J connectivity index is 1.67. The first-order chi connectivity index (χ1) is 11.1. The summed E-state index contributed by atoms with van der Waals surface area (Å²) in [7, 11) is 0. The van der Waals surface area contributed by atoms with Gasteiger partial charge in [-0.15, -0.1) is 0 Å². The van der Waals surface area contributed by atoms with E-state index in [0.29, 0.717) is 6.04 Å². The van der Waals surface area contributed by atoms with Gasteiger partial charge < -0.3 is 5.11 Å². The molecule has 0 unspecified atom stereocenters. The van der Waals surface area contributed by atoms with Crippen LogP contribution in [0.1, 0.15) is 29.2 Å². The number of hydrogen-bond acceptors (Lipinski definition) is 3. The van der Waals surface area contributed by atoms with E-state index in [9.17, 15) is 9.59 Å². The maximum Gasteiger partial charge on any atom is 0.377 e. The van der Waals surface area contributed by atoms with Crippen LogP contribution in [0.3, 0.4) is 0 Å². The number of carboxylic acid groups (broad SMARTS) is 1. The Morgan fingerprint density at radius 1 is 1.04 bits per heavy atom. The summed E-state index contributed by atoms with van der Waals surface area (Å²) in [5, 5.41) is 14.5. The molecular formula is C18H14N2O3. The minimum absolute atomic E-state index is 0.181. The molecule has 1 fully saturated rings. The summed E-state index contributed by atoms with van der Waals surface area (Å²) < 4.78 is 2.03. The van der Waals surface area contributed by atoms with E-state index in [0.717, 1.165) is 22.0 Å². The highest BCUT2D eigenvalue weighted by atomic mass is 16.4. The molecule has 5 heteroatoms. The van der Waals surface area contributed by atoms with Crippen LogP contribution in [0.15, 0.2) is 48.7 Å². The highest BCUT2D eigenvalue weighted by molar-refractivity contribution is 6.39. The van der Waals surface area contributed by atoms with Gasteiger partial charge >= 0.3 is 5.97 Å². The number of carbonyl (C=O) groups excluding carboxylic acids is 1. The van der Waals surface area contributed by atoms with Gasteiger partial charge in [-0.25, -0.2) is 4.79 Å². The van der Waals surface area contributed by atoms with Crippen molar-refractivity contribution in [2.24, 2.45) is 0 Å². The maximum absolute atomic E-state index is 11.4. The van der Waals surface area contributed by atoms with Gasteiger partial charge in [-0.05, 0) is 30.0 Å². The molecule has 1 heterocycles. The molecule has 0 bridgehead atoms. The minimum atomic E-state index is -1.44. The third kappa shape index (κ3) is 2.50. The zero-order valence-corrected chi connectivity index (χ0v) is 12.3. The molecule has 1 aromatic heterocycles. The van der Waals surface area contributed by atoms with Crippen molar-refractivity contribution in [3.05, 3.63) is 54.2 Å². The van der Waals surface area contributed by atoms with E-state index in [1.165, 1.54) is 12.8 Å². The second kappa shape index (κ2) is 5.05. The lowest BCUT2D eigenvalue weighted by molar-refractivity contribution is -0.131. The average Bonchev–Trinajstić information content (AvgIpc) is 3.33. The van der Waals surface area contributed by atoms with Crippen LogP contribution in [0.2, 0.25) is 0 Å². The summed E-state index contributed by atoms with van der Waals surface area (Å²) in [4.78, 5) is 22.1. The van der Waals surface area contributed by atoms with Crippen LogP contribution in [0.4, 0.5) is 0 Å². The quantitative estimate of drug-likeness (QED) is 0.593. The Hall–Kier alpha value is -2.95. The normalized spacial score (nSPS) is 14.1. The van der Waals surface area contributed by atoms with E-state index < -0.39 is 11.8 Å². The van der Waals surface area contributed by atoms with Crippen LogP contribution in [-0.4, -0.2) is 26.6 Å². The number of aliphatic carboxylic acids is 1. The number of rotatable bonds is 4. The molecule has 23 heavy (non-hydrogen) atoms. The second-order valence-electron chi connectivity index (χ2n) is 5.83. The summed E-state index contributed by atoms with van der Waals surface area (Å²) in [6, 6.07) is 13.2. The number of Topliss-reactive ketones (excluding diaryl/α,β-unsaturated/α-hetero) is 1. The number of carbonyl (C=O) groups is 2. The highest BCUT2D eigenvalue weighted by Gasteiger charge is 2.24. The zero-order valence-electron chi connectivity index (χ0n) is 12.3. The fourth-order valence-corrected chi connectivity index (χ4v) is 2.68. The molecule has 0 spiro atoms. The first-order valence-electron chi connectivity index (χ1n) is 7.49. The maximum atomic E-state index is 11.4. The zero-order chi connectivity index (χ0) is 16.0. The molecule has 0 radical (unpaired) electrons. The molecule has 3 aromatic rings. The lowest BCUT2D eigenvalue weighted by Gasteiger charge is -2.03. The van der Waals surface area contributed by atoms with Crippen LogP contribution in [0.25, 0.3) is 22.0 Å². The molecule has 114 valence electrons. The monoisotopic (exact) mass is 306 g/mol. The Labute approximate surface area is 132 Å². The third-order valence-electron chi connectivity index (χ3n) is 4.12. The molecule has 1 aliphatic rings. The predicted octanol–water partition coefficient (Wildman–Crippen LogP) is 3.31. The topological polar surface area (TPSA) is 72.2 Å². The van der Waals surface area contributed by atoms with Crippen molar-refractivity contribution in [3.8, 4) is 11.1 Å². The van der Waals surface area contributed by atoms with E-state index in [1.807, 2.05) is 22.9 Å². The van der Waals surface area contributed by atoms with E-state index in [4.69, 9.17) is 5.11 Å². The van der Waals surface area contributed by atoms with Gasteiger partial charge in [-0.2, -0.15) is 5.10 Å². The van der Waals surface area contributed by atoms with Gasteiger partial charge in [-0.1, -0.05) is 36.4 Å². The van der Waals surface area contributed by atoms with Gasteiger partial charge in [0.2, 0.25) is 0 Å². The van der Waals surface area contributed by atoms with E-state index in [-0.39, 0.29) is 5.56 Å². The lowest BCUT2D eigenvalue weighted by atomic mass is 10.0. The van der Waals surface area contributed by atoms with Crippen molar-refractivity contribution in [3.63, 3.8) is 0 Å². The van der Waals surface area contributed by atoms with Crippen molar-refractivity contribution in [2.75, 3.05) is 0 Å². The van der Waals surface area contributed by atoms with Crippen molar-refractivity contribution >= 4 is 22.7 Å². The van der Waals surface area contributed by atoms with Crippen LogP contribution < -0.4 is 0 Å². The Morgan fingerprint density at radius 3 is 2.39 bits per heavy atom. The van der Waals surface area contributed by atoms with Crippen molar-refractivity contribution in [2.45, 2.75) is 18.9 Å². The molecule has 2 aromatic carbocycles. The molecule has 0 aliphatic heterocycles. The Morgan fingerprint density at radius 2 is 1.74 bits per heavy atom. The molecule has 1 N–H and O–H groups in total. The molecule has 1 saturated carbocycles. The smallest absolute Gasteiger partial charge is 0.377 e. The second-order valence-corrected chi connectivity index (χ2v) is 5.83. The average molecular weight is 306 g/mol. The fourth-order valence-electron chi connectivity index (χ4n) is 2.68. The molecule has 5 nitrogen and oxygen atoms in total. The largest absolute Gasteiger partial charge is 0.475 e. The van der Waals surface area contributed by atoms with Crippen LogP contribution in [0.5, 0.6) is 0 Å². The first-order valence-corrected chi connectivity index (χ1v) is 7.49. The third-order valence-corrected chi connectivity index (χ3v) is 4.12. The predicted molar refractivity (Wildman–Crippen MR) is 85.4 cm³/mol. The first kappa shape index (κ1) is 13.7. The standard InChI is InChI=1S/C18H14N2O3/c21-17(18(22)23)12-3-1-11(2-4-12)13-5-6-14-10-20(15-7-8-15)19-16(14)9-13/h1-6,9-10,15H,7-8H2,(H,22,23).